The maximum absolute atomic E-state index is 14.4. The number of fused-ring (bicyclic) bond motifs is 8. The number of allylic oxidation sites excluding steroid dienone is 2. The van der Waals surface area contributed by atoms with Crippen molar-refractivity contribution in [1.29, 1.82) is 0 Å². The largest absolute Gasteiger partial charge is 2.00 e. The summed E-state index contributed by atoms with van der Waals surface area (Å²) >= 11 is 0. The Morgan fingerprint density at radius 1 is 0.481 bits per heavy atom. The average molecular weight is 747 g/mol. The van der Waals surface area contributed by atoms with E-state index in [9.17, 15) is 9.59 Å². The quantitative estimate of drug-likeness (QED) is 0.176. The predicted molar refractivity (Wildman–Crippen MR) is 216 cm³/mol. The fourth-order valence-corrected chi connectivity index (χ4v) is 7.42. The van der Waals surface area contributed by atoms with Crippen molar-refractivity contribution in [1.82, 2.24) is 49.7 Å². The molecule has 0 saturated heterocycles. The van der Waals surface area contributed by atoms with Crippen LogP contribution >= 0.6 is 0 Å². The van der Waals surface area contributed by atoms with Crippen molar-refractivity contribution in [2.75, 3.05) is 14.1 Å². The molecule has 0 fully saturated rings. The second-order valence-electron chi connectivity index (χ2n) is 14.6. The molecule has 13 heteroatoms. The van der Waals surface area contributed by atoms with E-state index in [0.717, 1.165) is 97.6 Å². The minimum atomic E-state index is -0.403. The van der Waals surface area contributed by atoms with Crippen LogP contribution < -0.4 is 9.97 Å². The van der Waals surface area contributed by atoms with E-state index in [0.29, 0.717) is 53.5 Å². The van der Waals surface area contributed by atoms with Crippen LogP contribution in [0, 0.1) is 0 Å². The van der Waals surface area contributed by atoms with Crippen molar-refractivity contribution < 1.29 is 9.59 Å². The van der Waals surface area contributed by atoms with Crippen LogP contribution in [0.4, 0.5) is 0 Å². The molecule has 5 rings (SSSR count). The Balaban J connectivity index is 0.00000650. The molecule has 2 unspecified atom stereocenters. The maximum Gasteiger partial charge on any atom is 2.00 e. The van der Waals surface area contributed by atoms with Gasteiger partial charge in [0.05, 0.1) is 11.6 Å². The van der Waals surface area contributed by atoms with Crippen molar-refractivity contribution in [3.63, 3.8) is 0 Å². The summed E-state index contributed by atoms with van der Waals surface area (Å²) in [5, 5.41) is 0. The first-order valence-electron chi connectivity index (χ1n) is 19.9. The van der Waals surface area contributed by atoms with Crippen LogP contribution in [0.5, 0.6) is 0 Å². The summed E-state index contributed by atoms with van der Waals surface area (Å²) in [6, 6.07) is -0.372. The molecule has 8 bridgehead atoms. The molecule has 0 saturated carbocycles. The maximum atomic E-state index is 14.4. The van der Waals surface area contributed by atoms with Crippen molar-refractivity contribution in [3.05, 3.63) is 45.6 Å². The minimum Gasteiger partial charge on any atom is -0.358 e. The van der Waals surface area contributed by atoms with Crippen LogP contribution in [0.2, 0.25) is 0 Å². The molecule has 2 atom stereocenters. The van der Waals surface area contributed by atoms with Crippen LogP contribution in [-0.4, -0.2) is 101 Å². The van der Waals surface area contributed by atoms with E-state index in [-0.39, 0.29) is 46.8 Å². The zero-order valence-corrected chi connectivity index (χ0v) is 35.8. The number of hydrogen-bond donors (Lipinski definition) is 0. The number of hydrogen-bond acceptors (Lipinski definition) is 8. The first-order valence-corrected chi connectivity index (χ1v) is 19.9. The Hall–Kier alpha value is -3.71. The Morgan fingerprint density at radius 2 is 0.759 bits per heavy atom. The molecular weight excluding hydrogens is 689 g/mol. The molecule has 0 radical (unpaired) electrons. The van der Waals surface area contributed by atoms with Gasteiger partial charge in [-0.15, -0.1) is 0 Å². The Morgan fingerprint density at radius 3 is 1.06 bits per heavy atom. The number of carbonyl (C=O) groups is 2. The molecule has 2 amide bonds. The van der Waals surface area contributed by atoms with E-state index in [2.05, 4.69) is 41.5 Å². The molecule has 12 nitrogen and oxygen atoms in total. The van der Waals surface area contributed by atoms with Crippen LogP contribution in [-0.2, 0) is 25.7 Å². The van der Waals surface area contributed by atoms with Crippen molar-refractivity contribution >= 4 is 68.6 Å². The summed E-state index contributed by atoms with van der Waals surface area (Å²) in [5.74, 6) is 0.178. The van der Waals surface area contributed by atoms with Gasteiger partial charge in [0.25, 0.3) is 11.8 Å². The molecule has 0 aromatic carbocycles. The first kappa shape index (κ1) is 43.0. The van der Waals surface area contributed by atoms with Crippen molar-refractivity contribution in [2.24, 2.45) is 0 Å². The third-order valence-corrected chi connectivity index (χ3v) is 10.4. The van der Waals surface area contributed by atoms with Gasteiger partial charge < -0.3 is 39.7 Å². The van der Waals surface area contributed by atoms with E-state index < -0.39 is 11.8 Å². The summed E-state index contributed by atoms with van der Waals surface area (Å²) in [7, 11) is 3.52. The SMILES string of the molecule is CCCC1=C(CCC)c2nc1nc1[n-]c(nc3nc(nc4[n-]c(n2)c(CCC)c4CCC)C(=O)N(C)C(C)CC(C)N(C)C3=O)c(CCC)c1CCC.[Mg+2]. The molecular formula is C41H58MgN10O2. The van der Waals surface area contributed by atoms with Gasteiger partial charge in [0.15, 0.2) is 11.6 Å². The number of carbonyl (C=O) groups excluding carboxylic acids is 2. The fourth-order valence-electron chi connectivity index (χ4n) is 7.42. The fraction of sp³-hybridized carbons (Fsp3) is 0.610. The molecule has 3 aromatic heterocycles. The molecule has 3 aromatic rings. The molecule has 5 heterocycles. The van der Waals surface area contributed by atoms with E-state index in [4.69, 9.17) is 39.9 Å². The molecule has 0 aliphatic carbocycles. The normalized spacial score (nSPS) is 16.9. The zero-order chi connectivity index (χ0) is 38.4. The van der Waals surface area contributed by atoms with Gasteiger partial charge in [0, 0.05) is 48.8 Å². The first-order chi connectivity index (χ1) is 25.5. The van der Waals surface area contributed by atoms with E-state index in [1.54, 1.807) is 23.9 Å². The number of rotatable bonds is 12. The summed E-state index contributed by atoms with van der Waals surface area (Å²) in [6.07, 6.45) is 10.4. The summed E-state index contributed by atoms with van der Waals surface area (Å²) < 4.78 is 0. The van der Waals surface area contributed by atoms with Gasteiger partial charge >= 0.3 is 23.1 Å². The second-order valence-corrected chi connectivity index (χ2v) is 14.6. The Bertz CT molecular complexity index is 1880. The van der Waals surface area contributed by atoms with Crippen LogP contribution in [0.15, 0.2) is 0 Å². The summed E-state index contributed by atoms with van der Waals surface area (Å²) in [5.41, 5.74) is 7.97. The Labute approximate surface area is 337 Å². The number of amides is 2. The summed E-state index contributed by atoms with van der Waals surface area (Å²) in [4.78, 5) is 72.4. The van der Waals surface area contributed by atoms with E-state index >= 15 is 0 Å². The molecule has 286 valence electrons. The molecule has 0 spiro atoms. The third-order valence-electron chi connectivity index (χ3n) is 10.4. The summed E-state index contributed by atoms with van der Waals surface area (Å²) in [6.45, 7) is 16.8. The molecule has 0 N–H and O–H groups in total. The zero-order valence-electron chi connectivity index (χ0n) is 34.3. The van der Waals surface area contributed by atoms with Gasteiger partial charge in [-0.1, -0.05) is 80.1 Å². The molecule has 2 aliphatic heterocycles. The van der Waals surface area contributed by atoms with Crippen LogP contribution in [0.25, 0.3) is 33.7 Å². The number of nitrogens with zero attached hydrogens (tertiary/aromatic N) is 10. The minimum absolute atomic E-state index is 0. The van der Waals surface area contributed by atoms with Crippen molar-refractivity contribution in [2.45, 2.75) is 151 Å². The average Bonchev–Trinajstić information content (AvgIpc) is 3.73. The van der Waals surface area contributed by atoms with Gasteiger partial charge in [-0.25, -0.2) is 9.97 Å². The monoisotopic (exact) mass is 746 g/mol. The molecule has 54 heavy (non-hydrogen) atoms. The van der Waals surface area contributed by atoms with Gasteiger partial charge in [-0.3, -0.25) is 9.59 Å². The van der Waals surface area contributed by atoms with E-state index in [1.807, 2.05) is 13.8 Å². The topological polar surface area (TPSA) is 146 Å². The van der Waals surface area contributed by atoms with E-state index in [1.165, 1.54) is 0 Å². The number of aromatic nitrogens is 8. The number of aryl methyl sites for hydroxylation is 4. The Kier molecular flexibility index (Phi) is 15.3. The van der Waals surface area contributed by atoms with Gasteiger partial charge in [-0.05, 0) is 92.2 Å². The van der Waals surface area contributed by atoms with Gasteiger partial charge in [0.1, 0.15) is 0 Å². The second kappa shape index (κ2) is 19.2. The smallest absolute Gasteiger partial charge is 0.358 e. The van der Waals surface area contributed by atoms with Crippen molar-refractivity contribution in [3.8, 4) is 0 Å². The predicted octanol–water partition coefficient (Wildman–Crippen LogP) is 7.10. The van der Waals surface area contributed by atoms with Crippen LogP contribution in [0.3, 0.4) is 0 Å². The van der Waals surface area contributed by atoms with Crippen LogP contribution in [0.1, 0.15) is 168 Å². The van der Waals surface area contributed by atoms with Gasteiger partial charge in [-0.2, -0.15) is 0 Å². The van der Waals surface area contributed by atoms with Gasteiger partial charge in [0.2, 0.25) is 0 Å². The molecule has 2 aliphatic rings. The third kappa shape index (κ3) is 8.88. The standard InChI is InChI=1S/C41H59N10O2.Mg/c1-11-17-26-27(18-12-2)33-42-32(26)43-34-28(19-13-3)30(21-15-5)36(45-34)47-38-40(52)50(9)24(7)23-25(8)51(10)41(53)39(49-38)48-37-31(22-16-6)29(20-14-4)35(44-33)46-37;/h24-25H,11-23H2,1-10H3,(H-,42,43,44,45,46,47,48,49,52,53);/q-1;+2/p-1.